The summed E-state index contributed by atoms with van der Waals surface area (Å²) in [6.45, 7) is 2.56. The van der Waals surface area contributed by atoms with Crippen LogP contribution in [0.3, 0.4) is 0 Å². The highest BCUT2D eigenvalue weighted by Gasteiger charge is 2.25. The Morgan fingerprint density at radius 3 is 2.05 bits per heavy atom. The van der Waals surface area contributed by atoms with Gasteiger partial charge in [-0.05, 0) is 25.0 Å². The Morgan fingerprint density at radius 1 is 0.900 bits per heavy atom. The molecule has 2 rings (SSSR count). The first kappa shape index (κ1) is 14.6. The molecule has 0 saturated carbocycles. The largest absolute Gasteiger partial charge is 0.249 e. The Morgan fingerprint density at radius 2 is 1.50 bits per heavy atom. The van der Waals surface area contributed by atoms with Crippen LogP contribution in [0.4, 0.5) is 17.6 Å². The third-order valence-corrected chi connectivity index (χ3v) is 3.03. The predicted octanol–water partition coefficient (Wildman–Crippen LogP) is 5.14. The van der Waals surface area contributed by atoms with E-state index in [1.807, 2.05) is 6.92 Å². The minimum atomic E-state index is -3.07. The van der Waals surface area contributed by atoms with Gasteiger partial charge < -0.3 is 0 Å². The van der Waals surface area contributed by atoms with E-state index in [2.05, 4.69) is 0 Å². The Labute approximate surface area is 115 Å². The number of hydrogen-bond acceptors (Lipinski definition) is 0. The second-order valence-corrected chi connectivity index (χ2v) is 5.01. The second kappa shape index (κ2) is 5.27. The number of benzene rings is 2. The molecule has 0 radical (unpaired) electrons. The first-order valence-corrected chi connectivity index (χ1v) is 6.20. The van der Waals surface area contributed by atoms with Crippen molar-refractivity contribution in [1.82, 2.24) is 0 Å². The number of alkyl halides is 2. The van der Waals surface area contributed by atoms with Crippen LogP contribution in [-0.4, -0.2) is 5.92 Å². The van der Waals surface area contributed by atoms with Gasteiger partial charge in [-0.2, -0.15) is 0 Å². The number of halogens is 4. The molecule has 0 heterocycles. The van der Waals surface area contributed by atoms with E-state index in [9.17, 15) is 17.6 Å². The molecule has 0 aliphatic carbocycles. The van der Waals surface area contributed by atoms with Gasteiger partial charge in [-0.25, -0.2) is 17.6 Å². The molecule has 0 aliphatic rings. The van der Waals surface area contributed by atoms with Gasteiger partial charge in [-0.1, -0.05) is 42.0 Å². The van der Waals surface area contributed by atoms with Crippen molar-refractivity contribution in [1.29, 1.82) is 0 Å². The maximum atomic E-state index is 14.0. The quantitative estimate of drug-likeness (QED) is 0.684. The summed E-state index contributed by atoms with van der Waals surface area (Å²) in [5.41, 5.74) is 1.27. The van der Waals surface area contributed by atoms with Crippen LogP contribution in [0.25, 0.3) is 11.1 Å². The highest BCUT2D eigenvalue weighted by molar-refractivity contribution is 5.65. The number of aryl methyl sites for hydroxylation is 1. The lowest BCUT2D eigenvalue weighted by Gasteiger charge is -2.13. The summed E-state index contributed by atoms with van der Waals surface area (Å²) < 4.78 is 53.6. The minimum Gasteiger partial charge on any atom is -0.207 e. The molecule has 2 aromatic carbocycles. The van der Waals surface area contributed by atoms with Crippen LogP contribution in [0.15, 0.2) is 36.4 Å². The Kier molecular flexibility index (Phi) is 3.84. The van der Waals surface area contributed by atoms with Crippen molar-refractivity contribution >= 4 is 0 Å². The van der Waals surface area contributed by atoms with Crippen molar-refractivity contribution in [3.8, 4) is 11.1 Å². The molecule has 2 aromatic rings. The van der Waals surface area contributed by atoms with Crippen molar-refractivity contribution < 1.29 is 17.6 Å². The van der Waals surface area contributed by atoms with E-state index in [1.165, 1.54) is 12.1 Å². The van der Waals surface area contributed by atoms with Gasteiger partial charge in [0.25, 0.3) is 0 Å². The SMILES string of the molecule is Cc1ccc(-c2ccc(CC(C)(F)F)c(F)c2F)cc1. The van der Waals surface area contributed by atoms with E-state index in [-0.39, 0.29) is 11.1 Å². The van der Waals surface area contributed by atoms with E-state index in [0.29, 0.717) is 12.5 Å². The van der Waals surface area contributed by atoms with Crippen LogP contribution in [0, 0.1) is 18.6 Å². The summed E-state index contributed by atoms with van der Waals surface area (Å²) >= 11 is 0. The van der Waals surface area contributed by atoms with Crippen LogP contribution in [0.2, 0.25) is 0 Å². The van der Waals surface area contributed by atoms with Crippen molar-refractivity contribution in [3.63, 3.8) is 0 Å². The van der Waals surface area contributed by atoms with Gasteiger partial charge in [-0.15, -0.1) is 0 Å². The third-order valence-electron chi connectivity index (χ3n) is 3.03. The van der Waals surface area contributed by atoms with Crippen LogP contribution < -0.4 is 0 Å². The lowest BCUT2D eigenvalue weighted by molar-refractivity contribution is 0.0216. The van der Waals surface area contributed by atoms with E-state index >= 15 is 0 Å². The minimum absolute atomic E-state index is 0.0747. The molecule has 0 aliphatic heterocycles. The van der Waals surface area contributed by atoms with Gasteiger partial charge in [0, 0.05) is 12.0 Å². The first-order valence-electron chi connectivity index (χ1n) is 6.20. The molecule has 0 unspecified atom stereocenters. The zero-order valence-electron chi connectivity index (χ0n) is 11.2. The molecular formula is C16H14F4. The maximum absolute atomic E-state index is 14.0. The van der Waals surface area contributed by atoms with Gasteiger partial charge in [0.2, 0.25) is 5.92 Å². The monoisotopic (exact) mass is 282 g/mol. The summed E-state index contributed by atoms with van der Waals surface area (Å²) in [6.07, 6.45) is -0.816. The predicted molar refractivity (Wildman–Crippen MR) is 70.9 cm³/mol. The van der Waals surface area contributed by atoms with Gasteiger partial charge in [0.05, 0.1) is 0 Å². The lowest BCUT2D eigenvalue weighted by atomic mass is 9.99. The molecule has 0 aromatic heterocycles. The average Bonchev–Trinajstić information content (AvgIpc) is 2.35. The zero-order valence-corrected chi connectivity index (χ0v) is 11.2. The summed E-state index contributed by atoms with van der Waals surface area (Å²) in [5.74, 6) is -5.36. The summed E-state index contributed by atoms with van der Waals surface area (Å²) in [5, 5.41) is 0. The molecule has 0 spiro atoms. The first-order chi connectivity index (χ1) is 9.28. The van der Waals surface area contributed by atoms with E-state index < -0.39 is 24.0 Å². The molecule has 0 N–H and O–H groups in total. The van der Waals surface area contributed by atoms with Crippen molar-refractivity contribution in [2.75, 3.05) is 0 Å². The van der Waals surface area contributed by atoms with Crippen LogP contribution in [-0.2, 0) is 6.42 Å². The fourth-order valence-corrected chi connectivity index (χ4v) is 2.02. The molecule has 0 saturated heterocycles. The molecule has 0 nitrogen and oxygen atoms in total. The second-order valence-electron chi connectivity index (χ2n) is 5.01. The molecule has 20 heavy (non-hydrogen) atoms. The van der Waals surface area contributed by atoms with Crippen molar-refractivity contribution in [2.45, 2.75) is 26.2 Å². The van der Waals surface area contributed by atoms with Gasteiger partial charge in [0.1, 0.15) is 0 Å². The Bertz CT molecular complexity index is 610. The molecule has 0 amide bonds. The normalized spacial score (nSPS) is 11.7. The molecular weight excluding hydrogens is 268 g/mol. The molecule has 0 fully saturated rings. The highest BCUT2D eigenvalue weighted by atomic mass is 19.3. The Hall–Kier alpha value is -1.84. The van der Waals surface area contributed by atoms with Crippen molar-refractivity contribution in [3.05, 3.63) is 59.2 Å². The van der Waals surface area contributed by atoms with Gasteiger partial charge >= 0.3 is 0 Å². The fourth-order valence-electron chi connectivity index (χ4n) is 2.02. The molecule has 0 bridgehead atoms. The smallest absolute Gasteiger partial charge is 0.207 e. The molecule has 0 atom stereocenters. The summed E-state index contributed by atoms with van der Waals surface area (Å²) in [7, 11) is 0. The summed E-state index contributed by atoms with van der Waals surface area (Å²) in [4.78, 5) is 0. The molecule has 106 valence electrons. The van der Waals surface area contributed by atoms with Gasteiger partial charge in [0.15, 0.2) is 11.6 Å². The number of rotatable bonds is 3. The topological polar surface area (TPSA) is 0 Å². The standard InChI is InChI=1S/C16H14F4/c1-10-3-5-11(6-4-10)13-8-7-12(9-16(2,19)20)14(17)15(13)18/h3-8H,9H2,1-2H3. The van der Waals surface area contributed by atoms with Crippen LogP contribution in [0.1, 0.15) is 18.1 Å². The zero-order chi connectivity index (χ0) is 14.9. The molecule has 4 heteroatoms. The maximum Gasteiger partial charge on any atom is 0.249 e. The van der Waals surface area contributed by atoms with Crippen LogP contribution in [0.5, 0.6) is 0 Å². The van der Waals surface area contributed by atoms with E-state index in [4.69, 9.17) is 0 Å². The average molecular weight is 282 g/mol. The summed E-state index contributed by atoms with van der Waals surface area (Å²) in [6, 6.07) is 9.44. The highest BCUT2D eigenvalue weighted by Crippen LogP contribution is 2.29. The number of hydrogen-bond donors (Lipinski definition) is 0. The van der Waals surface area contributed by atoms with Gasteiger partial charge in [-0.3, -0.25) is 0 Å². The van der Waals surface area contributed by atoms with E-state index in [0.717, 1.165) is 5.56 Å². The lowest BCUT2D eigenvalue weighted by Crippen LogP contribution is -2.15. The van der Waals surface area contributed by atoms with Crippen molar-refractivity contribution in [2.24, 2.45) is 0 Å². The Balaban J connectivity index is 2.43. The van der Waals surface area contributed by atoms with E-state index in [1.54, 1.807) is 24.3 Å². The third kappa shape index (κ3) is 3.18. The van der Waals surface area contributed by atoms with Crippen LogP contribution >= 0.6 is 0 Å². The fraction of sp³-hybridized carbons (Fsp3) is 0.250.